The smallest absolute Gasteiger partial charge is 0.246 e. The number of rotatable bonds is 8. The lowest BCUT2D eigenvalue weighted by atomic mass is 10.1. The van der Waals surface area contributed by atoms with Gasteiger partial charge < -0.3 is 14.5 Å². The average Bonchev–Trinajstić information content (AvgIpc) is 2.77. The summed E-state index contributed by atoms with van der Waals surface area (Å²) in [6.45, 7) is 8.06. The molecule has 0 aromatic heterocycles. The van der Waals surface area contributed by atoms with Crippen molar-refractivity contribution in [1.29, 1.82) is 0 Å². The summed E-state index contributed by atoms with van der Waals surface area (Å²) in [7, 11) is 0. The number of aryl methyl sites for hydroxylation is 1. The minimum Gasteiger partial charge on any atom is -0.494 e. The number of hydrogen-bond acceptors (Lipinski definition) is 3. The van der Waals surface area contributed by atoms with Gasteiger partial charge in [-0.15, -0.1) is 0 Å². The molecule has 1 amide bonds. The molecule has 2 aromatic rings. The molecule has 2 aromatic carbocycles. The van der Waals surface area contributed by atoms with E-state index in [9.17, 15) is 4.79 Å². The predicted octanol–water partition coefficient (Wildman–Crippen LogP) is 5.58. The summed E-state index contributed by atoms with van der Waals surface area (Å²) < 4.78 is 5.73. The highest BCUT2D eigenvalue weighted by Gasteiger charge is 2.20. The highest BCUT2D eigenvalue weighted by Crippen LogP contribution is 2.25. The largest absolute Gasteiger partial charge is 0.494 e. The number of nitrogens with zero attached hydrogens (tertiary/aromatic N) is 2. The quantitative estimate of drug-likeness (QED) is 0.408. The third-order valence-electron chi connectivity index (χ3n) is 5.42. The van der Waals surface area contributed by atoms with Gasteiger partial charge in [-0.05, 0) is 54.8 Å². The average molecular weight is 427 g/mol. The predicted molar refractivity (Wildman–Crippen MR) is 125 cm³/mol. The molecule has 1 aliphatic heterocycles. The standard InChI is InChI=1S/C25H31ClN2O2/c1-3-4-5-18-30-23-11-7-21(8-12-23)9-13-25(29)28-16-14-27(15-17-28)24-19-22(26)10-6-20(24)2/h6-13,19H,3-5,14-18H2,1-2H3/b13-9+. The zero-order valence-corrected chi connectivity index (χ0v) is 18.7. The second-order valence-corrected chi connectivity index (χ2v) is 8.14. The molecule has 0 atom stereocenters. The van der Waals surface area contributed by atoms with Crippen LogP contribution in [0.2, 0.25) is 5.02 Å². The summed E-state index contributed by atoms with van der Waals surface area (Å²) in [6.07, 6.45) is 7.00. The first kappa shape index (κ1) is 22.2. The Bertz CT molecular complexity index is 856. The van der Waals surface area contributed by atoms with E-state index in [2.05, 4.69) is 18.7 Å². The Labute approximate surface area is 185 Å². The third-order valence-corrected chi connectivity index (χ3v) is 5.65. The third kappa shape index (κ3) is 6.27. The van der Waals surface area contributed by atoms with E-state index in [0.717, 1.165) is 48.1 Å². The number of anilines is 1. The van der Waals surface area contributed by atoms with Crippen molar-refractivity contribution in [2.45, 2.75) is 33.1 Å². The van der Waals surface area contributed by atoms with Gasteiger partial charge in [-0.1, -0.05) is 49.6 Å². The van der Waals surface area contributed by atoms with Crippen molar-refractivity contribution in [3.05, 3.63) is 64.7 Å². The Balaban J connectivity index is 1.48. The van der Waals surface area contributed by atoms with E-state index in [4.69, 9.17) is 16.3 Å². The molecule has 0 N–H and O–H groups in total. The van der Waals surface area contributed by atoms with E-state index in [1.165, 1.54) is 18.4 Å². The Hall–Kier alpha value is -2.46. The summed E-state index contributed by atoms with van der Waals surface area (Å²) in [4.78, 5) is 16.8. The van der Waals surface area contributed by atoms with E-state index in [1.807, 2.05) is 53.4 Å². The molecule has 0 radical (unpaired) electrons. The summed E-state index contributed by atoms with van der Waals surface area (Å²) >= 11 is 6.15. The number of amides is 1. The molecule has 4 nitrogen and oxygen atoms in total. The van der Waals surface area contributed by atoms with Crippen LogP contribution in [0.15, 0.2) is 48.5 Å². The van der Waals surface area contributed by atoms with Crippen molar-refractivity contribution in [2.75, 3.05) is 37.7 Å². The van der Waals surface area contributed by atoms with Gasteiger partial charge in [-0.3, -0.25) is 4.79 Å². The fraction of sp³-hybridized carbons (Fsp3) is 0.400. The van der Waals surface area contributed by atoms with E-state index < -0.39 is 0 Å². The summed E-state index contributed by atoms with van der Waals surface area (Å²) in [5.74, 6) is 0.930. The lowest BCUT2D eigenvalue weighted by Crippen LogP contribution is -2.48. The molecule has 3 rings (SSSR count). The molecule has 0 aliphatic carbocycles. The highest BCUT2D eigenvalue weighted by atomic mass is 35.5. The van der Waals surface area contributed by atoms with Crippen molar-refractivity contribution in [3.63, 3.8) is 0 Å². The minimum atomic E-state index is 0.0531. The van der Waals surface area contributed by atoms with Crippen LogP contribution >= 0.6 is 11.6 Å². The van der Waals surface area contributed by atoms with Crippen LogP contribution in [0, 0.1) is 6.92 Å². The molecular weight excluding hydrogens is 396 g/mol. The van der Waals surface area contributed by atoms with Crippen LogP contribution in [0.4, 0.5) is 5.69 Å². The molecule has 0 bridgehead atoms. The Morgan fingerprint density at radius 1 is 1.07 bits per heavy atom. The Kier molecular flexibility index (Phi) is 8.21. The van der Waals surface area contributed by atoms with Gasteiger partial charge >= 0.3 is 0 Å². The molecule has 1 fully saturated rings. The fourth-order valence-corrected chi connectivity index (χ4v) is 3.75. The van der Waals surface area contributed by atoms with Gasteiger partial charge in [0.25, 0.3) is 0 Å². The minimum absolute atomic E-state index is 0.0531. The van der Waals surface area contributed by atoms with Crippen LogP contribution in [-0.2, 0) is 4.79 Å². The molecule has 0 unspecified atom stereocenters. The molecule has 1 saturated heterocycles. The lowest BCUT2D eigenvalue weighted by Gasteiger charge is -2.36. The van der Waals surface area contributed by atoms with E-state index in [0.29, 0.717) is 13.1 Å². The molecule has 1 heterocycles. The Morgan fingerprint density at radius 3 is 2.50 bits per heavy atom. The van der Waals surface area contributed by atoms with Crippen LogP contribution in [0.3, 0.4) is 0 Å². The number of carbonyl (C=O) groups excluding carboxylic acids is 1. The number of halogens is 1. The van der Waals surface area contributed by atoms with Gasteiger partial charge in [0, 0.05) is 43.0 Å². The SMILES string of the molecule is CCCCCOc1ccc(/C=C/C(=O)N2CCN(c3cc(Cl)ccc3C)CC2)cc1. The first-order valence-electron chi connectivity index (χ1n) is 10.8. The number of unbranched alkanes of at least 4 members (excludes halogenated alkanes) is 2. The second kappa shape index (κ2) is 11.1. The van der Waals surface area contributed by atoms with Crippen molar-refractivity contribution < 1.29 is 9.53 Å². The van der Waals surface area contributed by atoms with Crippen LogP contribution in [0.1, 0.15) is 37.3 Å². The van der Waals surface area contributed by atoms with Crippen LogP contribution in [0.5, 0.6) is 5.75 Å². The van der Waals surface area contributed by atoms with Crippen molar-refractivity contribution >= 4 is 29.3 Å². The van der Waals surface area contributed by atoms with Gasteiger partial charge in [0.15, 0.2) is 0 Å². The number of piperazine rings is 1. The zero-order valence-electron chi connectivity index (χ0n) is 17.9. The number of carbonyl (C=O) groups is 1. The van der Waals surface area contributed by atoms with Crippen molar-refractivity contribution in [2.24, 2.45) is 0 Å². The van der Waals surface area contributed by atoms with E-state index in [1.54, 1.807) is 6.08 Å². The van der Waals surface area contributed by atoms with Crippen LogP contribution in [-0.4, -0.2) is 43.6 Å². The van der Waals surface area contributed by atoms with Crippen LogP contribution in [0.25, 0.3) is 6.08 Å². The molecular formula is C25H31ClN2O2. The monoisotopic (exact) mass is 426 g/mol. The van der Waals surface area contributed by atoms with Crippen molar-refractivity contribution in [3.8, 4) is 5.75 Å². The molecule has 0 spiro atoms. The number of hydrogen-bond donors (Lipinski definition) is 0. The maximum absolute atomic E-state index is 12.6. The first-order valence-corrected chi connectivity index (χ1v) is 11.2. The van der Waals surface area contributed by atoms with E-state index in [-0.39, 0.29) is 5.91 Å². The second-order valence-electron chi connectivity index (χ2n) is 7.70. The molecule has 0 saturated carbocycles. The number of benzene rings is 2. The lowest BCUT2D eigenvalue weighted by molar-refractivity contribution is -0.126. The summed E-state index contributed by atoms with van der Waals surface area (Å²) in [6, 6.07) is 13.9. The molecule has 5 heteroatoms. The maximum Gasteiger partial charge on any atom is 0.246 e. The van der Waals surface area contributed by atoms with Gasteiger partial charge in [-0.25, -0.2) is 0 Å². The summed E-state index contributed by atoms with van der Waals surface area (Å²) in [5.41, 5.74) is 3.36. The van der Waals surface area contributed by atoms with Crippen molar-refractivity contribution in [1.82, 2.24) is 4.90 Å². The van der Waals surface area contributed by atoms with Crippen LogP contribution < -0.4 is 9.64 Å². The van der Waals surface area contributed by atoms with E-state index >= 15 is 0 Å². The van der Waals surface area contributed by atoms with Gasteiger partial charge in [0.05, 0.1) is 6.61 Å². The van der Waals surface area contributed by atoms with Gasteiger partial charge in [0.1, 0.15) is 5.75 Å². The topological polar surface area (TPSA) is 32.8 Å². The number of ether oxygens (including phenoxy) is 1. The first-order chi connectivity index (χ1) is 14.6. The normalized spacial score (nSPS) is 14.4. The Morgan fingerprint density at radius 2 is 1.80 bits per heavy atom. The maximum atomic E-state index is 12.6. The van der Waals surface area contributed by atoms with Gasteiger partial charge in [0.2, 0.25) is 5.91 Å². The fourth-order valence-electron chi connectivity index (χ4n) is 3.58. The molecule has 160 valence electrons. The molecule has 30 heavy (non-hydrogen) atoms. The highest BCUT2D eigenvalue weighted by molar-refractivity contribution is 6.30. The molecule has 1 aliphatic rings. The van der Waals surface area contributed by atoms with Gasteiger partial charge in [-0.2, -0.15) is 0 Å². The summed E-state index contributed by atoms with van der Waals surface area (Å²) in [5, 5.41) is 0.745. The zero-order chi connectivity index (χ0) is 21.3.